The van der Waals surface area contributed by atoms with Crippen molar-refractivity contribution in [2.45, 2.75) is 64.5 Å². The topological polar surface area (TPSA) is 59.0 Å². The van der Waals surface area contributed by atoms with Gasteiger partial charge in [-0.25, -0.2) is 0 Å². The molecule has 0 bridgehead atoms. The maximum atomic E-state index is 8.71. The van der Waals surface area contributed by atoms with Crippen LogP contribution in [0.25, 0.3) is 0 Å². The number of rotatable bonds is 7. The van der Waals surface area contributed by atoms with Gasteiger partial charge in [0.1, 0.15) is 5.54 Å². The highest BCUT2D eigenvalue weighted by atomic mass is 16.5. The van der Waals surface area contributed by atoms with E-state index in [2.05, 4.69) is 26.8 Å². The SMILES string of the molecule is CCC(C)(C)OCCCCC(C)(N)C#N. The second-order valence-electron chi connectivity index (χ2n) is 4.95. The standard InChI is InChI=1S/C12H24N2O/c1-5-11(2,3)15-9-7-6-8-12(4,14)10-13/h5-9,14H2,1-4H3. The van der Waals surface area contributed by atoms with Gasteiger partial charge in [-0.05, 0) is 46.5 Å². The Balaban J connectivity index is 3.54. The first-order chi connectivity index (χ1) is 6.83. The monoisotopic (exact) mass is 212 g/mol. The second-order valence-corrected chi connectivity index (χ2v) is 4.95. The summed E-state index contributed by atoms with van der Waals surface area (Å²) in [5.41, 5.74) is 5.00. The first-order valence-electron chi connectivity index (χ1n) is 5.67. The highest BCUT2D eigenvalue weighted by Gasteiger charge is 2.17. The fourth-order valence-corrected chi connectivity index (χ4v) is 1.10. The zero-order valence-corrected chi connectivity index (χ0v) is 10.5. The summed E-state index contributed by atoms with van der Waals surface area (Å²) in [4.78, 5) is 0. The molecule has 0 aromatic rings. The third kappa shape index (κ3) is 7.35. The Hall–Kier alpha value is -0.590. The van der Waals surface area contributed by atoms with Crippen molar-refractivity contribution in [3.63, 3.8) is 0 Å². The number of nitrogens with two attached hydrogens (primary N) is 1. The molecule has 1 unspecified atom stereocenters. The Morgan fingerprint density at radius 1 is 1.27 bits per heavy atom. The van der Waals surface area contributed by atoms with Gasteiger partial charge in [0.25, 0.3) is 0 Å². The quantitative estimate of drug-likeness (QED) is 0.660. The van der Waals surface area contributed by atoms with E-state index in [4.69, 9.17) is 15.7 Å². The van der Waals surface area contributed by atoms with Crippen molar-refractivity contribution < 1.29 is 4.74 Å². The minimum Gasteiger partial charge on any atom is -0.376 e. The molecule has 0 saturated carbocycles. The zero-order valence-electron chi connectivity index (χ0n) is 10.5. The van der Waals surface area contributed by atoms with Crippen molar-refractivity contribution in [1.82, 2.24) is 0 Å². The fourth-order valence-electron chi connectivity index (χ4n) is 1.10. The summed E-state index contributed by atoms with van der Waals surface area (Å²) in [6, 6.07) is 2.10. The molecule has 0 fully saturated rings. The average Bonchev–Trinajstić information content (AvgIpc) is 2.17. The summed E-state index contributed by atoms with van der Waals surface area (Å²) < 4.78 is 5.70. The number of hydrogen-bond donors (Lipinski definition) is 1. The Kier molecular flexibility index (Phi) is 5.85. The van der Waals surface area contributed by atoms with Gasteiger partial charge in [-0.15, -0.1) is 0 Å². The smallest absolute Gasteiger partial charge is 0.101 e. The normalized spacial score (nSPS) is 15.7. The molecular formula is C12H24N2O. The summed E-state index contributed by atoms with van der Waals surface area (Å²) in [6.45, 7) is 8.82. The molecule has 2 N–H and O–H groups in total. The van der Waals surface area contributed by atoms with Crippen LogP contribution in [0.2, 0.25) is 0 Å². The molecule has 0 aromatic heterocycles. The number of nitriles is 1. The van der Waals surface area contributed by atoms with Crippen LogP contribution in [-0.2, 0) is 4.74 Å². The third-order valence-electron chi connectivity index (χ3n) is 2.69. The Bertz CT molecular complexity index is 216. The van der Waals surface area contributed by atoms with E-state index in [0.29, 0.717) is 0 Å². The molecule has 1 atom stereocenters. The summed E-state index contributed by atoms with van der Waals surface area (Å²) in [5, 5.41) is 8.71. The minimum absolute atomic E-state index is 0.0265. The molecule has 0 rings (SSSR count). The van der Waals surface area contributed by atoms with Crippen LogP contribution >= 0.6 is 0 Å². The molecule has 0 aliphatic carbocycles. The van der Waals surface area contributed by atoms with Crippen LogP contribution < -0.4 is 5.73 Å². The van der Waals surface area contributed by atoms with Crippen LogP contribution in [0, 0.1) is 11.3 Å². The Morgan fingerprint density at radius 2 is 1.87 bits per heavy atom. The van der Waals surface area contributed by atoms with Crippen LogP contribution in [-0.4, -0.2) is 17.7 Å². The van der Waals surface area contributed by atoms with Gasteiger partial charge in [0.15, 0.2) is 0 Å². The first kappa shape index (κ1) is 14.4. The van der Waals surface area contributed by atoms with Crippen LogP contribution in [0.4, 0.5) is 0 Å². The fraction of sp³-hybridized carbons (Fsp3) is 0.917. The highest BCUT2D eigenvalue weighted by Crippen LogP contribution is 2.15. The predicted molar refractivity (Wildman–Crippen MR) is 62.4 cm³/mol. The van der Waals surface area contributed by atoms with E-state index in [0.717, 1.165) is 32.3 Å². The van der Waals surface area contributed by atoms with Crippen LogP contribution in [0.5, 0.6) is 0 Å². The van der Waals surface area contributed by atoms with Gasteiger partial charge in [0.05, 0.1) is 11.7 Å². The van der Waals surface area contributed by atoms with Crippen molar-refractivity contribution in [3.8, 4) is 6.07 Å². The van der Waals surface area contributed by atoms with Crippen molar-refractivity contribution in [3.05, 3.63) is 0 Å². The van der Waals surface area contributed by atoms with E-state index in [1.54, 1.807) is 6.92 Å². The molecule has 0 radical (unpaired) electrons. The van der Waals surface area contributed by atoms with E-state index >= 15 is 0 Å². The van der Waals surface area contributed by atoms with Crippen LogP contribution in [0.3, 0.4) is 0 Å². The van der Waals surface area contributed by atoms with Gasteiger partial charge in [0.2, 0.25) is 0 Å². The highest BCUT2D eigenvalue weighted by molar-refractivity contribution is 5.00. The maximum Gasteiger partial charge on any atom is 0.101 e. The van der Waals surface area contributed by atoms with Gasteiger partial charge in [-0.3, -0.25) is 0 Å². The molecule has 0 aliphatic heterocycles. The predicted octanol–water partition coefficient (Wildman–Crippen LogP) is 2.60. The number of nitrogens with zero attached hydrogens (tertiary/aromatic N) is 1. The number of hydrogen-bond acceptors (Lipinski definition) is 3. The van der Waals surface area contributed by atoms with Crippen molar-refractivity contribution >= 4 is 0 Å². The molecule has 0 aliphatic rings. The molecule has 0 heterocycles. The van der Waals surface area contributed by atoms with Crippen molar-refractivity contribution in [2.24, 2.45) is 5.73 Å². The average molecular weight is 212 g/mol. The largest absolute Gasteiger partial charge is 0.376 e. The summed E-state index contributed by atoms with van der Waals surface area (Å²) >= 11 is 0. The van der Waals surface area contributed by atoms with E-state index in [9.17, 15) is 0 Å². The van der Waals surface area contributed by atoms with Gasteiger partial charge in [-0.2, -0.15) is 5.26 Å². The van der Waals surface area contributed by atoms with Crippen molar-refractivity contribution in [1.29, 1.82) is 5.26 Å². The molecule has 88 valence electrons. The van der Waals surface area contributed by atoms with Crippen LogP contribution in [0.1, 0.15) is 53.4 Å². The Morgan fingerprint density at radius 3 is 2.33 bits per heavy atom. The molecule has 0 aromatic carbocycles. The first-order valence-corrected chi connectivity index (χ1v) is 5.67. The van der Waals surface area contributed by atoms with Gasteiger partial charge in [-0.1, -0.05) is 6.92 Å². The zero-order chi connectivity index (χ0) is 11.9. The van der Waals surface area contributed by atoms with Crippen molar-refractivity contribution in [2.75, 3.05) is 6.61 Å². The Labute approximate surface area is 93.6 Å². The van der Waals surface area contributed by atoms with E-state index < -0.39 is 5.54 Å². The second kappa shape index (κ2) is 6.09. The molecule has 3 nitrogen and oxygen atoms in total. The number of unbranched alkanes of at least 4 members (excludes halogenated alkanes) is 1. The lowest BCUT2D eigenvalue weighted by Gasteiger charge is -2.23. The lowest BCUT2D eigenvalue weighted by molar-refractivity contribution is -0.0218. The summed E-state index contributed by atoms with van der Waals surface area (Å²) in [7, 11) is 0. The third-order valence-corrected chi connectivity index (χ3v) is 2.69. The molecular weight excluding hydrogens is 188 g/mol. The van der Waals surface area contributed by atoms with Gasteiger partial charge >= 0.3 is 0 Å². The molecule has 0 spiro atoms. The number of ether oxygens (including phenoxy) is 1. The molecule has 15 heavy (non-hydrogen) atoms. The summed E-state index contributed by atoms with van der Waals surface area (Å²) in [6.07, 6.45) is 3.66. The van der Waals surface area contributed by atoms with Gasteiger partial charge < -0.3 is 10.5 Å². The summed E-state index contributed by atoms with van der Waals surface area (Å²) in [5.74, 6) is 0. The molecule has 3 heteroatoms. The maximum absolute atomic E-state index is 8.71. The molecule has 0 amide bonds. The lowest BCUT2D eigenvalue weighted by Crippen LogP contribution is -2.33. The van der Waals surface area contributed by atoms with Crippen LogP contribution in [0.15, 0.2) is 0 Å². The van der Waals surface area contributed by atoms with E-state index in [1.807, 2.05) is 0 Å². The van der Waals surface area contributed by atoms with E-state index in [1.165, 1.54) is 0 Å². The van der Waals surface area contributed by atoms with Gasteiger partial charge in [0, 0.05) is 6.61 Å². The molecule has 0 saturated heterocycles. The van der Waals surface area contributed by atoms with E-state index in [-0.39, 0.29) is 5.60 Å². The lowest BCUT2D eigenvalue weighted by atomic mass is 9.98. The minimum atomic E-state index is -0.680.